The van der Waals surface area contributed by atoms with Crippen LogP contribution >= 0.6 is 0 Å². The molecule has 1 heterocycles. The quantitative estimate of drug-likeness (QED) is 0.686. The molecular weight excluding hydrogens is 216 g/mol. The molecule has 0 spiro atoms. The molecule has 0 radical (unpaired) electrons. The topological polar surface area (TPSA) is 61.4 Å². The molecule has 0 aromatic carbocycles. The lowest BCUT2D eigenvalue weighted by Gasteiger charge is -2.36. The fourth-order valence-electron chi connectivity index (χ4n) is 2.18. The zero-order valence-corrected chi connectivity index (χ0v) is 11.5. The summed E-state index contributed by atoms with van der Waals surface area (Å²) in [5, 5.41) is 15.8. The van der Waals surface area contributed by atoms with Gasteiger partial charge in [-0.3, -0.25) is 4.79 Å². The van der Waals surface area contributed by atoms with Gasteiger partial charge in [-0.25, -0.2) is 0 Å². The van der Waals surface area contributed by atoms with Crippen LogP contribution in [0.1, 0.15) is 40.5 Å². The van der Waals surface area contributed by atoms with Gasteiger partial charge < -0.3 is 15.7 Å². The maximum atomic E-state index is 12.2. The lowest BCUT2D eigenvalue weighted by atomic mass is 9.74. The standard InChI is InChI=1S/C13H26N2O2/c1-12(2,17)9-15-11(16)13(3,4)10-6-5-7-14-8-10/h10,14,17H,5-9H2,1-4H3,(H,15,16). The molecule has 1 saturated heterocycles. The van der Waals surface area contributed by atoms with Gasteiger partial charge in [-0.15, -0.1) is 0 Å². The van der Waals surface area contributed by atoms with Gasteiger partial charge in [-0.1, -0.05) is 13.8 Å². The normalized spacial score (nSPS) is 22.3. The van der Waals surface area contributed by atoms with Crippen LogP contribution in [-0.2, 0) is 4.79 Å². The summed E-state index contributed by atoms with van der Waals surface area (Å²) in [7, 11) is 0. The van der Waals surface area contributed by atoms with Crippen molar-refractivity contribution in [2.75, 3.05) is 19.6 Å². The van der Waals surface area contributed by atoms with Gasteiger partial charge in [0.05, 0.1) is 5.60 Å². The second-order valence-corrected chi connectivity index (χ2v) is 6.26. The first kappa shape index (κ1) is 14.5. The Morgan fingerprint density at radius 1 is 1.41 bits per heavy atom. The highest BCUT2D eigenvalue weighted by Gasteiger charge is 2.37. The van der Waals surface area contributed by atoms with Crippen molar-refractivity contribution < 1.29 is 9.90 Å². The third-order valence-electron chi connectivity index (χ3n) is 3.58. The Labute approximate surface area is 104 Å². The Balaban J connectivity index is 2.53. The predicted molar refractivity (Wildman–Crippen MR) is 68.7 cm³/mol. The molecule has 100 valence electrons. The first-order valence-corrected chi connectivity index (χ1v) is 6.45. The summed E-state index contributed by atoms with van der Waals surface area (Å²) in [6.07, 6.45) is 2.23. The molecule has 0 aromatic heterocycles. The van der Waals surface area contributed by atoms with Crippen molar-refractivity contribution in [3.05, 3.63) is 0 Å². The fourth-order valence-corrected chi connectivity index (χ4v) is 2.18. The van der Waals surface area contributed by atoms with E-state index >= 15 is 0 Å². The lowest BCUT2D eigenvalue weighted by Crippen LogP contribution is -2.50. The summed E-state index contributed by atoms with van der Waals surface area (Å²) in [6.45, 7) is 9.63. The van der Waals surface area contributed by atoms with Gasteiger partial charge >= 0.3 is 0 Å². The molecule has 0 aromatic rings. The van der Waals surface area contributed by atoms with Crippen LogP contribution in [0, 0.1) is 11.3 Å². The van der Waals surface area contributed by atoms with E-state index in [9.17, 15) is 9.90 Å². The van der Waals surface area contributed by atoms with Crippen LogP contribution in [-0.4, -0.2) is 36.2 Å². The van der Waals surface area contributed by atoms with Crippen LogP contribution in [0.25, 0.3) is 0 Å². The second kappa shape index (κ2) is 5.36. The minimum atomic E-state index is -0.851. The van der Waals surface area contributed by atoms with Crippen LogP contribution in [0.4, 0.5) is 0 Å². The molecule has 1 aliphatic rings. The van der Waals surface area contributed by atoms with Crippen molar-refractivity contribution in [2.24, 2.45) is 11.3 Å². The van der Waals surface area contributed by atoms with Crippen molar-refractivity contribution in [2.45, 2.75) is 46.1 Å². The summed E-state index contributed by atoms with van der Waals surface area (Å²) in [6, 6.07) is 0. The number of carbonyl (C=O) groups is 1. The Kier molecular flexibility index (Phi) is 4.55. The molecule has 1 aliphatic heterocycles. The number of piperidine rings is 1. The van der Waals surface area contributed by atoms with Gasteiger partial charge in [0.2, 0.25) is 5.91 Å². The number of amides is 1. The first-order valence-electron chi connectivity index (χ1n) is 6.45. The zero-order valence-electron chi connectivity index (χ0n) is 11.5. The third kappa shape index (κ3) is 4.28. The van der Waals surface area contributed by atoms with E-state index in [2.05, 4.69) is 10.6 Å². The molecule has 1 rings (SSSR count). The third-order valence-corrected chi connectivity index (χ3v) is 3.58. The van der Waals surface area contributed by atoms with Crippen molar-refractivity contribution in [1.82, 2.24) is 10.6 Å². The number of hydrogen-bond acceptors (Lipinski definition) is 3. The zero-order chi connectivity index (χ0) is 13.1. The molecule has 4 nitrogen and oxygen atoms in total. The summed E-state index contributed by atoms with van der Waals surface area (Å²) < 4.78 is 0. The molecular formula is C13H26N2O2. The molecule has 4 heteroatoms. The van der Waals surface area contributed by atoms with E-state index in [1.807, 2.05) is 13.8 Å². The van der Waals surface area contributed by atoms with Crippen LogP contribution in [0.15, 0.2) is 0 Å². The Morgan fingerprint density at radius 3 is 2.53 bits per heavy atom. The van der Waals surface area contributed by atoms with E-state index in [1.54, 1.807) is 13.8 Å². The monoisotopic (exact) mass is 242 g/mol. The van der Waals surface area contributed by atoms with Crippen molar-refractivity contribution in [3.8, 4) is 0 Å². The molecule has 17 heavy (non-hydrogen) atoms. The summed E-state index contributed by atoms with van der Waals surface area (Å²) in [4.78, 5) is 12.2. The molecule has 0 bridgehead atoms. The highest BCUT2D eigenvalue weighted by Crippen LogP contribution is 2.31. The van der Waals surface area contributed by atoms with Gasteiger partial charge in [0.15, 0.2) is 0 Å². The predicted octanol–water partition coefficient (Wildman–Crippen LogP) is 0.899. The summed E-state index contributed by atoms with van der Waals surface area (Å²) >= 11 is 0. The van der Waals surface area contributed by atoms with Gasteiger partial charge in [0, 0.05) is 12.0 Å². The fraction of sp³-hybridized carbons (Fsp3) is 0.923. The van der Waals surface area contributed by atoms with Crippen LogP contribution < -0.4 is 10.6 Å². The maximum Gasteiger partial charge on any atom is 0.226 e. The number of nitrogens with one attached hydrogen (secondary N) is 2. The SMILES string of the molecule is CC(C)(O)CNC(=O)C(C)(C)C1CCCNC1. The van der Waals surface area contributed by atoms with E-state index < -0.39 is 5.60 Å². The van der Waals surface area contributed by atoms with Gasteiger partial charge in [-0.05, 0) is 45.7 Å². The Bertz CT molecular complexity index is 263. The minimum absolute atomic E-state index is 0.0355. The Morgan fingerprint density at radius 2 is 2.06 bits per heavy atom. The first-order chi connectivity index (χ1) is 7.73. The molecule has 0 aliphatic carbocycles. The largest absolute Gasteiger partial charge is 0.389 e. The number of hydrogen-bond donors (Lipinski definition) is 3. The van der Waals surface area contributed by atoms with Crippen LogP contribution in [0.3, 0.4) is 0 Å². The summed E-state index contributed by atoms with van der Waals surface area (Å²) in [5.41, 5.74) is -1.23. The molecule has 1 amide bonds. The van der Waals surface area contributed by atoms with E-state index in [4.69, 9.17) is 0 Å². The van der Waals surface area contributed by atoms with E-state index in [-0.39, 0.29) is 11.3 Å². The van der Waals surface area contributed by atoms with E-state index in [0.717, 1.165) is 25.9 Å². The van der Waals surface area contributed by atoms with E-state index in [1.165, 1.54) is 0 Å². The number of carbonyl (C=O) groups excluding carboxylic acids is 1. The highest BCUT2D eigenvalue weighted by molar-refractivity contribution is 5.82. The van der Waals surface area contributed by atoms with Gasteiger partial charge in [-0.2, -0.15) is 0 Å². The minimum Gasteiger partial charge on any atom is -0.389 e. The smallest absolute Gasteiger partial charge is 0.226 e. The average molecular weight is 242 g/mol. The highest BCUT2D eigenvalue weighted by atomic mass is 16.3. The van der Waals surface area contributed by atoms with Gasteiger partial charge in [0.1, 0.15) is 0 Å². The molecule has 1 fully saturated rings. The van der Waals surface area contributed by atoms with Crippen LogP contribution in [0.2, 0.25) is 0 Å². The lowest BCUT2D eigenvalue weighted by molar-refractivity contribution is -0.133. The van der Waals surface area contributed by atoms with Crippen LogP contribution in [0.5, 0.6) is 0 Å². The Hall–Kier alpha value is -0.610. The van der Waals surface area contributed by atoms with Gasteiger partial charge in [0.25, 0.3) is 0 Å². The number of aliphatic hydroxyl groups is 1. The van der Waals surface area contributed by atoms with E-state index in [0.29, 0.717) is 12.5 Å². The summed E-state index contributed by atoms with van der Waals surface area (Å²) in [5.74, 6) is 0.409. The maximum absolute atomic E-state index is 12.2. The van der Waals surface area contributed by atoms with Crippen molar-refractivity contribution in [1.29, 1.82) is 0 Å². The average Bonchev–Trinajstić information content (AvgIpc) is 2.26. The molecule has 1 atom stereocenters. The molecule has 1 unspecified atom stereocenters. The van der Waals surface area contributed by atoms with Crippen molar-refractivity contribution >= 4 is 5.91 Å². The molecule has 3 N–H and O–H groups in total. The number of rotatable bonds is 4. The van der Waals surface area contributed by atoms with Crippen molar-refractivity contribution in [3.63, 3.8) is 0 Å². The molecule has 0 saturated carbocycles. The second-order valence-electron chi connectivity index (χ2n) is 6.26.